The fourth-order valence-corrected chi connectivity index (χ4v) is 1.48. The van der Waals surface area contributed by atoms with Gasteiger partial charge in [-0.3, -0.25) is 0 Å². The van der Waals surface area contributed by atoms with E-state index in [0.717, 1.165) is 10.0 Å². The summed E-state index contributed by atoms with van der Waals surface area (Å²) in [4.78, 5) is 0. The van der Waals surface area contributed by atoms with E-state index in [2.05, 4.69) is 22.5 Å². The van der Waals surface area contributed by atoms with Crippen LogP contribution in [-0.4, -0.2) is 5.11 Å². The highest BCUT2D eigenvalue weighted by atomic mass is 79.9. The van der Waals surface area contributed by atoms with E-state index in [0.29, 0.717) is 10.6 Å². The first-order valence-corrected chi connectivity index (χ1v) is 4.98. The van der Waals surface area contributed by atoms with Crippen LogP contribution >= 0.6 is 27.5 Å². The number of hydrogen-bond donors (Lipinski definition) is 1. The van der Waals surface area contributed by atoms with Gasteiger partial charge in [0.2, 0.25) is 0 Å². The van der Waals surface area contributed by atoms with Crippen molar-refractivity contribution in [1.29, 1.82) is 0 Å². The molecular weight excluding hydrogens is 251 g/mol. The van der Waals surface area contributed by atoms with Gasteiger partial charge in [0, 0.05) is 4.47 Å². The molecule has 0 bridgehead atoms. The number of rotatable bonds is 2. The molecule has 0 aliphatic heterocycles. The molecule has 1 aromatic carbocycles. The van der Waals surface area contributed by atoms with Crippen LogP contribution in [0.5, 0.6) is 0 Å². The summed E-state index contributed by atoms with van der Waals surface area (Å²) in [5, 5.41) is 10.3. The van der Waals surface area contributed by atoms with Crippen LogP contribution in [0.3, 0.4) is 0 Å². The van der Waals surface area contributed by atoms with Crippen LogP contribution in [0.25, 0.3) is 0 Å². The Kier molecular flexibility index (Phi) is 3.54. The van der Waals surface area contributed by atoms with Crippen molar-refractivity contribution < 1.29 is 5.11 Å². The molecule has 0 radical (unpaired) electrons. The molecule has 1 unspecified atom stereocenters. The highest BCUT2D eigenvalue weighted by Gasteiger charge is 2.08. The first-order chi connectivity index (χ1) is 6.02. The zero-order chi connectivity index (χ0) is 10.0. The Balaban J connectivity index is 3.03. The van der Waals surface area contributed by atoms with Gasteiger partial charge in [0.1, 0.15) is 0 Å². The highest BCUT2D eigenvalue weighted by Crippen LogP contribution is 2.28. The van der Waals surface area contributed by atoms with Gasteiger partial charge in [-0.25, -0.2) is 0 Å². The quantitative estimate of drug-likeness (QED) is 0.805. The van der Waals surface area contributed by atoms with Gasteiger partial charge in [-0.15, -0.1) is 0 Å². The third kappa shape index (κ3) is 2.56. The third-order valence-corrected chi connectivity index (χ3v) is 2.94. The van der Waals surface area contributed by atoms with E-state index in [4.69, 9.17) is 11.6 Å². The third-order valence-electron chi connectivity index (χ3n) is 1.73. The largest absolute Gasteiger partial charge is 0.384 e. The van der Waals surface area contributed by atoms with Crippen molar-refractivity contribution in [2.45, 2.75) is 13.0 Å². The van der Waals surface area contributed by atoms with E-state index in [1.54, 1.807) is 25.1 Å². The molecule has 0 saturated heterocycles. The monoisotopic (exact) mass is 260 g/mol. The van der Waals surface area contributed by atoms with E-state index in [9.17, 15) is 5.11 Å². The van der Waals surface area contributed by atoms with Crippen molar-refractivity contribution in [3.8, 4) is 0 Å². The molecule has 0 amide bonds. The Morgan fingerprint density at radius 3 is 2.69 bits per heavy atom. The summed E-state index contributed by atoms with van der Waals surface area (Å²) < 4.78 is 0.784. The van der Waals surface area contributed by atoms with Gasteiger partial charge in [-0.2, -0.15) is 0 Å². The Labute approximate surface area is 91.2 Å². The first-order valence-electron chi connectivity index (χ1n) is 3.81. The number of halogens is 2. The fourth-order valence-electron chi connectivity index (χ4n) is 0.967. The molecule has 0 aromatic heterocycles. The first kappa shape index (κ1) is 10.8. The van der Waals surface area contributed by atoms with Crippen molar-refractivity contribution in [1.82, 2.24) is 0 Å². The molecule has 0 saturated carbocycles. The van der Waals surface area contributed by atoms with Crippen LogP contribution < -0.4 is 0 Å². The van der Waals surface area contributed by atoms with Crippen LogP contribution in [0.2, 0.25) is 5.02 Å². The summed E-state index contributed by atoms with van der Waals surface area (Å²) in [6.07, 6.45) is -0.617. The summed E-state index contributed by atoms with van der Waals surface area (Å²) in [6.45, 7) is 5.47. The Bertz CT molecular complexity index is 336. The molecule has 70 valence electrons. The van der Waals surface area contributed by atoms with Crippen molar-refractivity contribution in [3.05, 3.63) is 45.4 Å². The lowest BCUT2D eigenvalue weighted by molar-refractivity contribution is 0.216. The maximum absolute atomic E-state index is 9.65. The van der Waals surface area contributed by atoms with Gasteiger partial charge in [0.05, 0.1) is 11.1 Å². The predicted molar refractivity (Wildman–Crippen MR) is 58.9 cm³/mol. The summed E-state index contributed by atoms with van der Waals surface area (Å²) in [5.74, 6) is 0. The van der Waals surface area contributed by atoms with Crippen LogP contribution in [0.15, 0.2) is 34.8 Å². The van der Waals surface area contributed by atoms with E-state index in [-0.39, 0.29) is 0 Å². The predicted octanol–water partition coefficient (Wildman–Crippen LogP) is 3.71. The lowest BCUT2D eigenvalue weighted by atomic mass is 10.0. The lowest BCUT2D eigenvalue weighted by Crippen LogP contribution is -1.97. The molecule has 0 aliphatic rings. The van der Waals surface area contributed by atoms with Crippen LogP contribution in [0.4, 0.5) is 0 Å². The maximum Gasteiger partial charge on any atom is 0.0996 e. The van der Waals surface area contributed by atoms with Crippen LogP contribution in [0.1, 0.15) is 18.6 Å². The summed E-state index contributed by atoms with van der Waals surface area (Å²) >= 11 is 9.10. The normalized spacial score (nSPS) is 12.6. The molecule has 3 heteroatoms. The van der Waals surface area contributed by atoms with E-state index >= 15 is 0 Å². The Morgan fingerprint density at radius 2 is 2.23 bits per heavy atom. The molecule has 13 heavy (non-hydrogen) atoms. The summed E-state index contributed by atoms with van der Waals surface area (Å²) in [6, 6.07) is 5.32. The Morgan fingerprint density at radius 1 is 1.62 bits per heavy atom. The average molecular weight is 262 g/mol. The van der Waals surface area contributed by atoms with E-state index in [1.165, 1.54) is 0 Å². The topological polar surface area (TPSA) is 20.2 Å². The van der Waals surface area contributed by atoms with Gasteiger partial charge in [0.15, 0.2) is 0 Å². The smallest absolute Gasteiger partial charge is 0.0996 e. The van der Waals surface area contributed by atoms with Gasteiger partial charge in [-0.1, -0.05) is 24.2 Å². The fraction of sp³-hybridized carbons (Fsp3) is 0.200. The van der Waals surface area contributed by atoms with Gasteiger partial charge < -0.3 is 5.11 Å². The molecule has 1 rings (SSSR count). The number of aliphatic hydroxyl groups is 1. The summed E-state index contributed by atoms with van der Waals surface area (Å²) in [7, 11) is 0. The minimum absolute atomic E-state index is 0.617. The molecule has 0 spiro atoms. The van der Waals surface area contributed by atoms with Gasteiger partial charge >= 0.3 is 0 Å². The van der Waals surface area contributed by atoms with Crippen molar-refractivity contribution in [2.75, 3.05) is 0 Å². The molecule has 0 aliphatic carbocycles. The molecule has 0 fully saturated rings. The maximum atomic E-state index is 9.65. The Hall–Kier alpha value is -0.310. The minimum Gasteiger partial charge on any atom is -0.384 e. The molecule has 0 heterocycles. The van der Waals surface area contributed by atoms with Gasteiger partial charge in [0.25, 0.3) is 0 Å². The van der Waals surface area contributed by atoms with Crippen LogP contribution in [-0.2, 0) is 0 Å². The van der Waals surface area contributed by atoms with Crippen LogP contribution in [0, 0.1) is 0 Å². The zero-order valence-electron chi connectivity index (χ0n) is 7.22. The van der Waals surface area contributed by atoms with Crippen molar-refractivity contribution in [3.63, 3.8) is 0 Å². The van der Waals surface area contributed by atoms with Crippen molar-refractivity contribution in [2.24, 2.45) is 0 Å². The highest BCUT2D eigenvalue weighted by molar-refractivity contribution is 9.10. The number of hydrogen-bond acceptors (Lipinski definition) is 1. The van der Waals surface area contributed by atoms with Gasteiger partial charge in [-0.05, 0) is 46.1 Å². The molecule has 1 atom stereocenters. The molecule has 1 N–H and O–H groups in total. The molecule has 1 aromatic rings. The minimum atomic E-state index is -0.617. The second kappa shape index (κ2) is 4.27. The molecular formula is C10H10BrClO. The average Bonchev–Trinajstić information content (AvgIpc) is 2.08. The lowest BCUT2D eigenvalue weighted by Gasteiger charge is -2.10. The van der Waals surface area contributed by atoms with Crippen molar-refractivity contribution >= 4 is 27.5 Å². The number of benzene rings is 1. The second-order valence-corrected chi connectivity index (χ2v) is 4.18. The van der Waals surface area contributed by atoms with E-state index in [1.807, 2.05) is 0 Å². The summed E-state index contributed by atoms with van der Waals surface area (Å²) in [5.41, 5.74) is 1.51. The zero-order valence-corrected chi connectivity index (χ0v) is 9.56. The standard InChI is InChI=1S/C10H10BrClO/c1-6(2)10(13)7-3-4-9(12)8(11)5-7/h3-5,10,13H,1H2,2H3. The number of aliphatic hydroxyl groups excluding tert-OH is 1. The second-order valence-electron chi connectivity index (χ2n) is 2.92. The SMILES string of the molecule is C=C(C)C(O)c1ccc(Cl)c(Br)c1. The molecule has 1 nitrogen and oxygen atoms in total. The van der Waals surface area contributed by atoms with E-state index < -0.39 is 6.10 Å².